The smallest absolute Gasteiger partial charge is 0.251 e. The van der Waals surface area contributed by atoms with Gasteiger partial charge in [0.15, 0.2) is 0 Å². The minimum atomic E-state index is -0.0694. The Bertz CT molecular complexity index is 520. The zero-order valence-electron chi connectivity index (χ0n) is 10.7. The highest BCUT2D eigenvalue weighted by Crippen LogP contribution is 2.05. The molecule has 0 heterocycles. The third-order valence-corrected chi connectivity index (χ3v) is 2.91. The van der Waals surface area contributed by atoms with Gasteiger partial charge in [0.25, 0.3) is 5.91 Å². The SMILES string of the molecule is O=C(NCc1ccc(CCO)cc1)c1ccccc1. The summed E-state index contributed by atoms with van der Waals surface area (Å²) in [6.45, 7) is 0.664. The summed E-state index contributed by atoms with van der Waals surface area (Å²) in [5.74, 6) is -0.0694. The Balaban J connectivity index is 1.90. The average molecular weight is 255 g/mol. The number of hydrogen-bond acceptors (Lipinski definition) is 2. The zero-order valence-corrected chi connectivity index (χ0v) is 10.7. The van der Waals surface area contributed by atoms with E-state index < -0.39 is 0 Å². The second-order valence-electron chi connectivity index (χ2n) is 4.34. The van der Waals surface area contributed by atoms with Crippen LogP contribution in [-0.2, 0) is 13.0 Å². The van der Waals surface area contributed by atoms with Crippen LogP contribution in [0.1, 0.15) is 21.5 Å². The number of benzene rings is 2. The van der Waals surface area contributed by atoms with Crippen LogP contribution in [0.3, 0.4) is 0 Å². The molecule has 0 aliphatic carbocycles. The summed E-state index contributed by atoms with van der Waals surface area (Å²) in [5, 5.41) is 11.7. The first kappa shape index (κ1) is 13.3. The van der Waals surface area contributed by atoms with Crippen LogP contribution in [0.4, 0.5) is 0 Å². The van der Waals surface area contributed by atoms with Crippen molar-refractivity contribution in [2.24, 2.45) is 0 Å². The van der Waals surface area contributed by atoms with Crippen molar-refractivity contribution < 1.29 is 9.90 Å². The van der Waals surface area contributed by atoms with Crippen LogP contribution in [-0.4, -0.2) is 17.6 Å². The summed E-state index contributed by atoms with van der Waals surface area (Å²) in [7, 11) is 0. The molecule has 0 aliphatic heterocycles. The maximum atomic E-state index is 11.8. The quantitative estimate of drug-likeness (QED) is 0.860. The van der Waals surface area contributed by atoms with Crippen molar-refractivity contribution in [2.75, 3.05) is 6.61 Å². The number of nitrogens with one attached hydrogen (secondary N) is 1. The Labute approximate surface area is 112 Å². The van der Waals surface area contributed by atoms with E-state index in [9.17, 15) is 4.79 Å². The van der Waals surface area contributed by atoms with Gasteiger partial charge in [0.1, 0.15) is 0 Å². The number of aliphatic hydroxyl groups excluding tert-OH is 1. The molecule has 19 heavy (non-hydrogen) atoms. The van der Waals surface area contributed by atoms with Crippen LogP contribution < -0.4 is 5.32 Å². The van der Waals surface area contributed by atoms with Gasteiger partial charge in [0.2, 0.25) is 0 Å². The summed E-state index contributed by atoms with van der Waals surface area (Å²) in [5.41, 5.74) is 2.81. The Kier molecular flexibility index (Phi) is 4.70. The Morgan fingerprint density at radius 1 is 0.947 bits per heavy atom. The van der Waals surface area contributed by atoms with Gasteiger partial charge in [-0.25, -0.2) is 0 Å². The number of hydrogen-bond donors (Lipinski definition) is 2. The van der Waals surface area contributed by atoms with Gasteiger partial charge in [-0.1, -0.05) is 42.5 Å². The number of aliphatic hydroxyl groups is 1. The van der Waals surface area contributed by atoms with Crippen molar-refractivity contribution in [1.82, 2.24) is 5.32 Å². The van der Waals surface area contributed by atoms with E-state index in [2.05, 4.69) is 5.32 Å². The first-order valence-corrected chi connectivity index (χ1v) is 6.31. The fourth-order valence-corrected chi connectivity index (χ4v) is 1.83. The molecule has 0 fully saturated rings. The van der Waals surface area contributed by atoms with E-state index in [1.807, 2.05) is 42.5 Å². The minimum Gasteiger partial charge on any atom is -0.396 e. The van der Waals surface area contributed by atoms with E-state index >= 15 is 0 Å². The molecule has 3 nitrogen and oxygen atoms in total. The highest BCUT2D eigenvalue weighted by Gasteiger charge is 2.03. The lowest BCUT2D eigenvalue weighted by Gasteiger charge is -2.06. The molecule has 0 unspecified atom stereocenters. The maximum absolute atomic E-state index is 11.8. The van der Waals surface area contributed by atoms with Gasteiger partial charge in [-0.2, -0.15) is 0 Å². The van der Waals surface area contributed by atoms with Crippen molar-refractivity contribution in [1.29, 1.82) is 0 Å². The fourth-order valence-electron chi connectivity index (χ4n) is 1.83. The van der Waals surface area contributed by atoms with E-state index in [4.69, 9.17) is 5.11 Å². The van der Waals surface area contributed by atoms with Gasteiger partial charge >= 0.3 is 0 Å². The summed E-state index contributed by atoms with van der Waals surface area (Å²) >= 11 is 0. The zero-order chi connectivity index (χ0) is 13.5. The minimum absolute atomic E-state index is 0.0694. The topological polar surface area (TPSA) is 49.3 Å². The normalized spacial score (nSPS) is 10.2. The molecule has 0 saturated carbocycles. The summed E-state index contributed by atoms with van der Waals surface area (Å²) in [4.78, 5) is 11.8. The predicted octanol–water partition coefficient (Wildman–Crippen LogP) is 2.15. The van der Waals surface area contributed by atoms with Crippen molar-refractivity contribution in [3.05, 3.63) is 71.3 Å². The van der Waals surface area contributed by atoms with Gasteiger partial charge in [0.05, 0.1) is 0 Å². The van der Waals surface area contributed by atoms with Gasteiger partial charge in [0, 0.05) is 18.7 Å². The third kappa shape index (κ3) is 3.93. The molecule has 98 valence electrons. The van der Waals surface area contributed by atoms with E-state index in [0.29, 0.717) is 18.5 Å². The summed E-state index contributed by atoms with van der Waals surface area (Å²) in [6, 6.07) is 17.0. The number of rotatable bonds is 5. The van der Waals surface area contributed by atoms with Crippen LogP contribution in [0.25, 0.3) is 0 Å². The number of carbonyl (C=O) groups is 1. The lowest BCUT2D eigenvalue weighted by atomic mass is 10.1. The van der Waals surface area contributed by atoms with E-state index in [1.165, 1.54) is 0 Å². The fraction of sp³-hybridized carbons (Fsp3) is 0.188. The molecule has 0 spiro atoms. The van der Waals surface area contributed by atoms with E-state index in [-0.39, 0.29) is 12.5 Å². The van der Waals surface area contributed by atoms with E-state index in [0.717, 1.165) is 11.1 Å². The van der Waals surface area contributed by atoms with Crippen LogP contribution in [0, 0.1) is 0 Å². The summed E-state index contributed by atoms with van der Waals surface area (Å²) in [6.07, 6.45) is 0.663. The second kappa shape index (κ2) is 6.71. The molecule has 0 saturated heterocycles. The van der Waals surface area contributed by atoms with Crippen LogP contribution >= 0.6 is 0 Å². The molecule has 2 rings (SSSR count). The average Bonchev–Trinajstić information content (AvgIpc) is 2.47. The molecule has 1 amide bonds. The Hall–Kier alpha value is -2.13. The van der Waals surface area contributed by atoms with Crippen molar-refractivity contribution in [3.63, 3.8) is 0 Å². The molecule has 0 aliphatic rings. The highest BCUT2D eigenvalue weighted by atomic mass is 16.2. The third-order valence-electron chi connectivity index (χ3n) is 2.91. The molecular weight excluding hydrogens is 238 g/mol. The Morgan fingerprint density at radius 3 is 2.21 bits per heavy atom. The molecule has 0 radical (unpaired) electrons. The number of amides is 1. The summed E-state index contributed by atoms with van der Waals surface area (Å²) < 4.78 is 0. The molecule has 3 heteroatoms. The van der Waals surface area contributed by atoms with Gasteiger partial charge < -0.3 is 10.4 Å². The lowest BCUT2D eigenvalue weighted by Crippen LogP contribution is -2.22. The van der Waals surface area contributed by atoms with Gasteiger partial charge in [-0.3, -0.25) is 4.79 Å². The second-order valence-corrected chi connectivity index (χ2v) is 4.34. The van der Waals surface area contributed by atoms with Gasteiger partial charge in [-0.05, 0) is 29.7 Å². The van der Waals surface area contributed by atoms with Crippen LogP contribution in [0.2, 0.25) is 0 Å². The van der Waals surface area contributed by atoms with Crippen LogP contribution in [0.15, 0.2) is 54.6 Å². The van der Waals surface area contributed by atoms with Gasteiger partial charge in [-0.15, -0.1) is 0 Å². The Morgan fingerprint density at radius 2 is 1.58 bits per heavy atom. The molecular formula is C16H17NO2. The molecule has 0 atom stereocenters. The van der Waals surface area contributed by atoms with Crippen molar-refractivity contribution in [2.45, 2.75) is 13.0 Å². The molecule has 0 aromatic heterocycles. The largest absolute Gasteiger partial charge is 0.396 e. The first-order chi connectivity index (χ1) is 9.29. The molecule has 2 N–H and O–H groups in total. The first-order valence-electron chi connectivity index (χ1n) is 6.31. The standard InChI is InChI=1S/C16H17NO2/c18-11-10-13-6-8-14(9-7-13)12-17-16(19)15-4-2-1-3-5-15/h1-9,18H,10-12H2,(H,17,19). The molecule has 2 aromatic rings. The molecule has 0 bridgehead atoms. The monoisotopic (exact) mass is 255 g/mol. The lowest BCUT2D eigenvalue weighted by molar-refractivity contribution is 0.0951. The van der Waals surface area contributed by atoms with Crippen LogP contribution in [0.5, 0.6) is 0 Å². The van der Waals surface area contributed by atoms with E-state index in [1.54, 1.807) is 12.1 Å². The maximum Gasteiger partial charge on any atom is 0.251 e. The highest BCUT2D eigenvalue weighted by molar-refractivity contribution is 5.94. The number of carbonyl (C=O) groups excluding carboxylic acids is 1. The molecule has 2 aromatic carbocycles. The predicted molar refractivity (Wildman–Crippen MR) is 74.8 cm³/mol. The van der Waals surface area contributed by atoms with Crippen molar-refractivity contribution >= 4 is 5.91 Å². The van der Waals surface area contributed by atoms with Crippen molar-refractivity contribution in [3.8, 4) is 0 Å².